The molecule has 7 heteroatoms. The molecule has 190 valence electrons. The molecule has 2 aliphatic rings. The molecule has 0 saturated carbocycles. The number of carbonyl (C=O) groups excluding carboxylic acids is 1. The first-order chi connectivity index (χ1) is 17.4. The van der Waals surface area contributed by atoms with Gasteiger partial charge in [0, 0.05) is 37.1 Å². The van der Waals surface area contributed by atoms with Crippen molar-refractivity contribution in [1.82, 2.24) is 10.2 Å². The minimum absolute atomic E-state index is 0.109. The number of likely N-dealkylation sites (tertiary alicyclic amines) is 1. The zero-order valence-corrected chi connectivity index (χ0v) is 20.5. The predicted octanol–water partition coefficient (Wildman–Crippen LogP) is 3.89. The van der Waals surface area contributed by atoms with Gasteiger partial charge in [-0.2, -0.15) is 0 Å². The molecule has 2 aliphatic heterocycles. The van der Waals surface area contributed by atoms with Crippen LogP contribution in [0.1, 0.15) is 58.6 Å². The molecule has 2 heterocycles. The van der Waals surface area contributed by atoms with Crippen molar-refractivity contribution in [3.8, 4) is 0 Å². The molecule has 0 aliphatic carbocycles. The highest BCUT2D eigenvalue weighted by Crippen LogP contribution is 2.31. The second-order valence-corrected chi connectivity index (χ2v) is 9.83. The van der Waals surface area contributed by atoms with Crippen LogP contribution >= 0.6 is 0 Å². The second kappa shape index (κ2) is 12.1. The van der Waals surface area contributed by atoms with E-state index < -0.39 is 17.9 Å². The Labute approximate surface area is 211 Å². The van der Waals surface area contributed by atoms with Gasteiger partial charge in [0.25, 0.3) is 0 Å². The van der Waals surface area contributed by atoms with Gasteiger partial charge in [0.05, 0.1) is 5.57 Å². The number of ketones is 1. The fourth-order valence-electron chi connectivity index (χ4n) is 5.39. The van der Waals surface area contributed by atoms with Crippen LogP contribution in [0.2, 0.25) is 0 Å². The number of carbonyl (C=O) groups is 3. The molecule has 7 nitrogen and oxygen atoms in total. The Morgan fingerprint density at radius 3 is 2.47 bits per heavy atom. The highest BCUT2D eigenvalue weighted by molar-refractivity contribution is 5.97. The molecule has 2 aromatic rings. The number of aliphatic carboxylic acids is 2. The predicted molar refractivity (Wildman–Crippen MR) is 137 cm³/mol. The Kier molecular flexibility index (Phi) is 8.67. The standard InChI is InChI=1S/C29H34N2O5/c32-27(9-6-20-11-14-31(15-12-20)19-21-4-2-1-3-5-21)23-7-8-24-22(16-23)10-13-30-18-26(24)25(29(35)36)17-28(33)34/h1-5,7-8,16-17,20,26,30H,6,9-15,18-19H2,(H,33,34)(H,35,36). The summed E-state index contributed by atoms with van der Waals surface area (Å²) in [7, 11) is 0. The van der Waals surface area contributed by atoms with Gasteiger partial charge in [-0.3, -0.25) is 9.69 Å². The monoisotopic (exact) mass is 490 g/mol. The number of nitrogens with zero attached hydrogens (tertiary/aromatic N) is 1. The molecular weight excluding hydrogens is 456 g/mol. The van der Waals surface area contributed by atoms with Gasteiger partial charge in [-0.1, -0.05) is 42.5 Å². The highest BCUT2D eigenvalue weighted by atomic mass is 16.4. The first-order valence-electron chi connectivity index (χ1n) is 12.7. The van der Waals surface area contributed by atoms with Crippen LogP contribution in [0.4, 0.5) is 0 Å². The molecule has 1 saturated heterocycles. The van der Waals surface area contributed by atoms with Crippen LogP contribution in [0.3, 0.4) is 0 Å². The van der Waals surface area contributed by atoms with E-state index in [0.717, 1.165) is 56.1 Å². The van der Waals surface area contributed by atoms with E-state index >= 15 is 0 Å². The van der Waals surface area contributed by atoms with E-state index in [1.54, 1.807) is 12.1 Å². The molecule has 1 unspecified atom stereocenters. The minimum Gasteiger partial charge on any atom is -0.478 e. The smallest absolute Gasteiger partial charge is 0.332 e. The number of piperidine rings is 1. The molecule has 0 spiro atoms. The van der Waals surface area contributed by atoms with Gasteiger partial charge in [-0.15, -0.1) is 0 Å². The van der Waals surface area contributed by atoms with Gasteiger partial charge in [0.15, 0.2) is 5.78 Å². The van der Waals surface area contributed by atoms with Crippen molar-refractivity contribution in [2.45, 2.75) is 44.6 Å². The summed E-state index contributed by atoms with van der Waals surface area (Å²) in [6.45, 7) is 4.06. The third-order valence-electron chi connectivity index (χ3n) is 7.40. The zero-order chi connectivity index (χ0) is 25.5. The van der Waals surface area contributed by atoms with E-state index in [1.165, 1.54) is 5.56 Å². The number of benzene rings is 2. The molecule has 1 atom stereocenters. The number of rotatable bonds is 9. The first-order valence-corrected chi connectivity index (χ1v) is 12.7. The number of carboxylic acid groups (broad SMARTS) is 2. The lowest BCUT2D eigenvalue weighted by Crippen LogP contribution is -2.33. The summed E-state index contributed by atoms with van der Waals surface area (Å²) in [6, 6.07) is 16.0. The Morgan fingerprint density at radius 1 is 1.03 bits per heavy atom. The van der Waals surface area contributed by atoms with Gasteiger partial charge in [0.1, 0.15) is 0 Å². The SMILES string of the molecule is O=C(O)C=C(C(=O)O)C1CNCCc2cc(C(=O)CCC3CCN(Cc4ccccc4)CC3)ccc21. The quantitative estimate of drug-likeness (QED) is 0.362. The number of nitrogens with one attached hydrogen (secondary N) is 1. The van der Waals surface area contributed by atoms with Crippen LogP contribution in [-0.2, 0) is 22.6 Å². The molecule has 36 heavy (non-hydrogen) atoms. The van der Waals surface area contributed by atoms with Crippen molar-refractivity contribution < 1.29 is 24.6 Å². The number of hydrogen-bond acceptors (Lipinski definition) is 5. The van der Waals surface area contributed by atoms with Crippen molar-refractivity contribution in [1.29, 1.82) is 0 Å². The van der Waals surface area contributed by atoms with Crippen molar-refractivity contribution in [3.05, 3.63) is 82.4 Å². The van der Waals surface area contributed by atoms with Gasteiger partial charge in [-0.25, -0.2) is 9.59 Å². The maximum Gasteiger partial charge on any atom is 0.332 e. The topological polar surface area (TPSA) is 107 Å². The summed E-state index contributed by atoms with van der Waals surface area (Å²) in [5.41, 5.74) is 3.51. The molecule has 2 aromatic carbocycles. The normalized spacial score (nSPS) is 19.3. The fraction of sp³-hybridized carbons (Fsp3) is 0.414. The summed E-state index contributed by atoms with van der Waals surface area (Å²) in [5.74, 6) is -2.45. The summed E-state index contributed by atoms with van der Waals surface area (Å²) < 4.78 is 0. The van der Waals surface area contributed by atoms with Gasteiger partial charge >= 0.3 is 11.9 Å². The molecule has 0 bridgehead atoms. The molecular formula is C29H34N2O5. The van der Waals surface area contributed by atoms with Gasteiger partial charge in [-0.05, 0) is 74.0 Å². The number of hydrogen-bond donors (Lipinski definition) is 3. The minimum atomic E-state index is -1.28. The third-order valence-corrected chi connectivity index (χ3v) is 7.40. The maximum atomic E-state index is 13.0. The van der Waals surface area contributed by atoms with Crippen molar-refractivity contribution in [3.63, 3.8) is 0 Å². The van der Waals surface area contributed by atoms with Gasteiger partial charge < -0.3 is 15.5 Å². The van der Waals surface area contributed by atoms with E-state index in [2.05, 4.69) is 34.5 Å². The summed E-state index contributed by atoms with van der Waals surface area (Å²) >= 11 is 0. The zero-order valence-electron chi connectivity index (χ0n) is 20.5. The van der Waals surface area contributed by atoms with Crippen LogP contribution < -0.4 is 5.32 Å². The Morgan fingerprint density at radius 2 is 1.78 bits per heavy atom. The Bertz CT molecular complexity index is 1120. The largest absolute Gasteiger partial charge is 0.478 e. The van der Waals surface area contributed by atoms with Crippen LogP contribution in [0.15, 0.2) is 60.2 Å². The van der Waals surface area contributed by atoms with Crippen LogP contribution in [-0.4, -0.2) is 59.0 Å². The van der Waals surface area contributed by atoms with Gasteiger partial charge in [0.2, 0.25) is 0 Å². The lowest BCUT2D eigenvalue weighted by atomic mass is 9.85. The molecule has 0 aromatic heterocycles. The number of Topliss-reactive ketones (excluding diaryl/α,β-unsaturated/α-hetero) is 1. The van der Waals surface area contributed by atoms with Crippen LogP contribution in [0.25, 0.3) is 0 Å². The molecule has 3 N–H and O–H groups in total. The molecule has 0 amide bonds. The van der Waals surface area contributed by atoms with Crippen LogP contribution in [0, 0.1) is 5.92 Å². The Hall–Kier alpha value is -3.29. The number of fused-ring (bicyclic) bond motifs is 1. The van der Waals surface area contributed by atoms with E-state index in [4.69, 9.17) is 5.11 Å². The van der Waals surface area contributed by atoms with Crippen molar-refractivity contribution in [2.24, 2.45) is 5.92 Å². The number of carboxylic acids is 2. The first kappa shape index (κ1) is 25.8. The molecule has 1 fully saturated rings. The Balaban J connectivity index is 1.35. The van der Waals surface area contributed by atoms with E-state index in [9.17, 15) is 19.5 Å². The fourth-order valence-corrected chi connectivity index (χ4v) is 5.39. The maximum absolute atomic E-state index is 13.0. The third kappa shape index (κ3) is 6.68. The van der Waals surface area contributed by atoms with Crippen molar-refractivity contribution >= 4 is 17.7 Å². The summed E-state index contributed by atoms with van der Waals surface area (Å²) in [4.78, 5) is 38.5. The summed E-state index contributed by atoms with van der Waals surface area (Å²) in [6.07, 6.45) is 5.02. The molecule has 0 radical (unpaired) electrons. The van der Waals surface area contributed by atoms with E-state index in [0.29, 0.717) is 37.4 Å². The lowest BCUT2D eigenvalue weighted by molar-refractivity contribution is -0.135. The highest BCUT2D eigenvalue weighted by Gasteiger charge is 2.28. The van der Waals surface area contributed by atoms with E-state index in [1.807, 2.05) is 12.1 Å². The van der Waals surface area contributed by atoms with Crippen LogP contribution in [0.5, 0.6) is 0 Å². The van der Waals surface area contributed by atoms with Crippen molar-refractivity contribution in [2.75, 3.05) is 26.2 Å². The van der Waals surface area contributed by atoms with E-state index in [-0.39, 0.29) is 11.4 Å². The average Bonchev–Trinajstić information content (AvgIpc) is 3.09. The lowest BCUT2D eigenvalue weighted by Gasteiger charge is -2.32. The second-order valence-electron chi connectivity index (χ2n) is 9.83. The molecule has 4 rings (SSSR count). The average molecular weight is 491 g/mol. The summed E-state index contributed by atoms with van der Waals surface area (Å²) in [5, 5.41) is 21.9.